The molecule has 1 unspecified atom stereocenters. The summed E-state index contributed by atoms with van der Waals surface area (Å²) in [4.78, 5) is 29.6. The van der Waals surface area contributed by atoms with Gasteiger partial charge in [0.1, 0.15) is 0 Å². The topological polar surface area (TPSA) is 91.8 Å². The lowest BCUT2D eigenvalue weighted by Gasteiger charge is -2.42. The molecule has 12 heteroatoms. The number of nitrogens with one attached hydrogen (secondary N) is 1. The summed E-state index contributed by atoms with van der Waals surface area (Å²) in [5.41, 5.74) is 3.23. The second kappa shape index (κ2) is 15.1. The molecule has 2 fully saturated rings. The highest BCUT2D eigenvalue weighted by atomic mass is 79.9. The third-order valence-corrected chi connectivity index (χ3v) is 8.57. The van der Waals surface area contributed by atoms with E-state index in [1.165, 1.54) is 5.56 Å². The van der Waals surface area contributed by atoms with Gasteiger partial charge in [-0.25, -0.2) is 4.79 Å². The number of benzene rings is 2. The van der Waals surface area contributed by atoms with Crippen LogP contribution in [0.4, 0.5) is 13.2 Å². The molecule has 43 heavy (non-hydrogen) atoms. The molecule has 1 saturated carbocycles. The molecule has 230 valence electrons. The van der Waals surface area contributed by atoms with Crippen LogP contribution in [0.1, 0.15) is 47.9 Å². The Kier molecular flexibility index (Phi) is 11.6. The average molecular weight is 683 g/mol. The van der Waals surface area contributed by atoms with Crippen LogP contribution in [0.3, 0.4) is 0 Å². The minimum absolute atomic E-state index is 0.0971. The maximum atomic E-state index is 14.0. The minimum atomic E-state index is -5.08. The van der Waals surface area contributed by atoms with Crippen molar-refractivity contribution in [2.45, 2.75) is 43.4 Å². The zero-order chi connectivity index (χ0) is 31.0. The molecule has 2 aliphatic rings. The lowest BCUT2D eigenvalue weighted by molar-refractivity contribution is -0.192. The van der Waals surface area contributed by atoms with Crippen molar-refractivity contribution < 1.29 is 32.6 Å². The second-order valence-corrected chi connectivity index (χ2v) is 11.8. The highest BCUT2D eigenvalue weighted by Crippen LogP contribution is 2.41. The molecule has 1 aliphatic carbocycles. The summed E-state index contributed by atoms with van der Waals surface area (Å²) in [6.07, 6.45) is 1.30. The van der Waals surface area contributed by atoms with Crippen molar-refractivity contribution in [2.75, 3.05) is 26.3 Å². The molecule has 1 aromatic heterocycles. The summed E-state index contributed by atoms with van der Waals surface area (Å²) in [6, 6.07) is 20.3. The van der Waals surface area contributed by atoms with Crippen LogP contribution in [-0.4, -0.2) is 65.4 Å². The molecule has 1 amide bonds. The Bertz CT molecular complexity index is 1340. The fraction of sp³-hybridized carbons (Fsp3) is 0.387. The number of alkyl halides is 3. The van der Waals surface area contributed by atoms with E-state index in [0.29, 0.717) is 11.1 Å². The summed E-state index contributed by atoms with van der Waals surface area (Å²) in [6.45, 7) is 3.51. The molecule has 0 radical (unpaired) electrons. The quantitative estimate of drug-likeness (QED) is 0.304. The van der Waals surface area contributed by atoms with Crippen LogP contribution < -0.4 is 5.32 Å². The Morgan fingerprint density at radius 1 is 0.977 bits per heavy atom. The summed E-state index contributed by atoms with van der Waals surface area (Å²) in [7, 11) is 0. The number of hydrogen-bond donors (Lipinski definition) is 2. The van der Waals surface area contributed by atoms with Gasteiger partial charge in [-0.1, -0.05) is 51.8 Å². The van der Waals surface area contributed by atoms with Crippen molar-refractivity contribution in [3.63, 3.8) is 0 Å². The van der Waals surface area contributed by atoms with E-state index in [4.69, 9.17) is 26.2 Å². The van der Waals surface area contributed by atoms with Gasteiger partial charge in [0, 0.05) is 46.9 Å². The van der Waals surface area contributed by atoms with E-state index >= 15 is 0 Å². The van der Waals surface area contributed by atoms with E-state index in [-0.39, 0.29) is 23.8 Å². The maximum Gasteiger partial charge on any atom is 0.490 e. The van der Waals surface area contributed by atoms with Crippen molar-refractivity contribution in [2.24, 2.45) is 5.92 Å². The molecule has 1 saturated heterocycles. The second-order valence-electron chi connectivity index (χ2n) is 10.5. The van der Waals surface area contributed by atoms with Crippen LogP contribution in [-0.2, 0) is 14.3 Å². The van der Waals surface area contributed by atoms with Crippen molar-refractivity contribution >= 4 is 39.4 Å². The Balaban J connectivity index is 0.000000541. The van der Waals surface area contributed by atoms with Gasteiger partial charge in [0.15, 0.2) is 0 Å². The molecule has 1 aliphatic heterocycles. The van der Waals surface area contributed by atoms with E-state index < -0.39 is 12.1 Å². The first-order valence-electron chi connectivity index (χ1n) is 13.9. The smallest absolute Gasteiger partial charge is 0.475 e. The van der Waals surface area contributed by atoms with Gasteiger partial charge in [0.2, 0.25) is 5.91 Å². The third-order valence-electron chi connectivity index (χ3n) is 7.79. The van der Waals surface area contributed by atoms with Gasteiger partial charge in [0.05, 0.1) is 19.3 Å². The van der Waals surface area contributed by atoms with E-state index in [0.717, 1.165) is 61.2 Å². The van der Waals surface area contributed by atoms with E-state index in [1.54, 1.807) is 12.4 Å². The van der Waals surface area contributed by atoms with Gasteiger partial charge in [-0.3, -0.25) is 14.7 Å². The van der Waals surface area contributed by atoms with Gasteiger partial charge < -0.3 is 15.2 Å². The van der Waals surface area contributed by atoms with Gasteiger partial charge >= 0.3 is 12.1 Å². The van der Waals surface area contributed by atoms with Crippen molar-refractivity contribution in [1.82, 2.24) is 15.2 Å². The van der Waals surface area contributed by atoms with E-state index in [2.05, 4.69) is 55.4 Å². The number of carboxylic acids is 1. The molecule has 4 atom stereocenters. The van der Waals surface area contributed by atoms with Gasteiger partial charge in [0.25, 0.3) is 0 Å². The van der Waals surface area contributed by atoms with Crippen LogP contribution in [0.15, 0.2) is 77.5 Å². The summed E-state index contributed by atoms with van der Waals surface area (Å²) in [5.74, 6) is -2.60. The number of pyridine rings is 1. The summed E-state index contributed by atoms with van der Waals surface area (Å²) in [5, 5.41) is 11.2. The number of amides is 1. The standard InChI is InChI=1S/C29H31BrClN3O2.C2HF3O2/c30-23-5-1-20(2-6-23)27-19-25(34-15-17-36-18-16-34)9-10-26(27)29(35)33-28(22-11-13-32-14-12-22)21-3-7-24(31)8-4-21;3-2(4,5)1(6)7/h1-8,11-14,25-28H,9-10,15-19H2,(H,33,35);(H,6,7)/t25-,26+,27-,28?;/m0./s1. The maximum absolute atomic E-state index is 14.0. The molecule has 5 rings (SSSR count). The molecule has 2 aromatic carbocycles. The number of aliphatic carboxylic acids is 1. The lowest BCUT2D eigenvalue weighted by Crippen LogP contribution is -2.48. The highest BCUT2D eigenvalue weighted by molar-refractivity contribution is 9.10. The predicted octanol–water partition coefficient (Wildman–Crippen LogP) is 6.62. The molecule has 0 spiro atoms. The normalized spacial score (nSPS) is 21.7. The van der Waals surface area contributed by atoms with Crippen LogP contribution in [0.2, 0.25) is 5.02 Å². The molecular formula is C31H32BrClF3N3O4. The van der Waals surface area contributed by atoms with Gasteiger partial charge in [-0.2, -0.15) is 13.2 Å². The van der Waals surface area contributed by atoms with Crippen LogP contribution in [0.5, 0.6) is 0 Å². The minimum Gasteiger partial charge on any atom is -0.475 e. The molecule has 3 aromatic rings. The number of halogens is 5. The third kappa shape index (κ3) is 9.25. The number of rotatable bonds is 6. The molecule has 7 nitrogen and oxygen atoms in total. The van der Waals surface area contributed by atoms with E-state index in [1.807, 2.05) is 36.4 Å². The lowest BCUT2D eigenvalue weighted by atomic mass is 9.72. The number of carbonyl (C=O) groups is 2. The summed E-state index contributed by atoms with van der Waals surface area (Å²) < 4.78 is 38.4. The number of aromatic nitrogens is 1. The average Bonchev–Trinajstić information content (AvgIpc) is 3.01. The fourth-order valence-electron chi connectivity index (χ4n) is 5.63. The SMILES string of the molecule is O=C(NC(c1ccncc1)c1ccc(Cl)cc1)[C@@H]1CC[C@H](N2CCOCC2)C[C@H]1c1ccc(Br)cc1.O=C(O)C(F)(F)F. The molecular weight excluding hydrogens is 651 g/mol. The van der Waals surface area contributed by atoms with Crippen molar-refractivity contribution in [3.05, 3.63) is 99.2 Å². The monoisotopic (exact) mass is 681 g/mol. The Labute approximate surface area is 261 Å². The van der Waals surface area contributed by atoms with Crippen LogP contribution >= 0.6 is 27.5 Å². The first-order valence-corrected chi connectivity index (χ1v) is 15.0. The van der Waals surface area contributed by atoms with Gasteiger partial charge in [-0.05, 0) is 78.3 Å². The predicted molar refractivity (Wildman–Crippen MR) is 160 cm³/mol. The zero-order valence-electron chi connectivity index (χ0n) is 23.1. The van der Waals surface area contributed by atoms with Crippen LogP contribution in [0.25, 0.3) is 0 Å². The zero-order valence-corrected chi connectivity index (χ0v) is 25.5. The first-order chi connectivity index (χ1) is 20.5. The first kappa shape index (κ1) is 32.9. The largest absolute Gasteiger partial charge is 0.490 e. The van der Waals surface area contributed by atoms with E-state index in [9.17, 15) is 18.0 Å². The van der Waals surface area contributed by atoms with Crippen LogP contribution in [0, 0.1) is 5.92 Å². The Morgan fingerprint density at radius 2 is 1.56 bits per heavy atom. The highest BCUT2D eigenvalue weighted by Gasteiger charge is 2.39. The number of nitrogens with zero attached hydrogens (tertiary/aromatic N) is 2. The van der Waals surface area contributed by atoms with Crippen molar-refractivity contribution in [1.29, 1.82) is 0 Å². The number of morpholine rings is 1. The number of carbonyl (C=O) groups excluding carboxylic acids is 1. The number of carboxylic acid groups (broad SMARTS) is 1. The number of ether oxygens (including phenoxy) is 1. The van der Waals surface area contributed by atoms with Crippen molar-refractivity contribution in [3.8, 4) is 0 Å². The molecule has 2 N–H and O–H groups in total. The Hall–Kier alpha value is -2.99. The fourth-order valence-corrected chi connectivity index (χ4v) is 6.02. The Morgan fingerprint density at radius 3 is 2.14 bits per heavy atom. The molecule has 0 bridgehead atoms. The summed E-state index contributed by atoms with van der Waals surface area (Å²) >= 11 is 9.71. The molecule has 2 heterocycles. The number of hydrogen-bond acceptors (Lipinski definition) is 5. The van der Waals surface area contributed by atoms with Gasteiger partial charge in [-0.15, -0.1) is 0 Å².